The lowest BCUT2D eigenvalue weighted by Gasteiger charge is -2.17. The molecule has 1 amide bonds. The van der Waals surface area contributed by atoms with Gasteiger partial charge in [0.1, 0.15) is 11.6 Å². The van der Waals surface area contributed by atoms with E-state index in [9.17, 15) is 45.8 Å². The number of anilines is 1. The molecule has 0 aliphatic heterocycles. The van der Waals surface area contributed by atoms with E-state index in [1.807, 2.05) is 72.8 Å². The van der Waals surface area contributed by atoms with Gasteiger partial charge in [-0.1, -0.05) is 91.0 Å². The highest BCUT2D eigenvalue weighted by molar-refractivity contribution is 6.41. The average molecular weight is 673 g/mol. The fourth-order valence-corrected chi connectivity index (χ4v) is 4.32. The number of carbonyl (C=O) groups is 3. The van der Waals surface area contributed by atoms with Crippen LogP contribution in [0.5, 0.6) is 5.75 Å². The zero-order chi connectivity index (χ0) is 35.5. The number of benzene rings is 4. The molecule has 0 saturated carbocycles. The van der Waals surface area contributed by atoms with Crippen LogP contribution < -0.4 is 16.4 Å². The van der Waals surface area contributed by atoms with Gasteiger partial charge in [-0.2, -0.15) is 26.3 Å². The average Bonchev–Trinajstić information content (AvgIpc) is 3.05. The molecule has 0 saturated heterocycles. The molecule has 14 heteroatoms. The van der Waals surface area contributed by atoms with Crippen molar-refractivity contribution in [3.63, 3.8) is 0 Å². The molecule has 0 atom stereocenters. The molecule has 0 aromatic heterocycles. The maximum atomic E-state index is 12.9. The topological polar surface area (TPSA) is 145 Å². The number of nitrogens with two attached hydrogens (primary N) is 1. The molecule has 0 unspecified atom stereocenters. The minimum atomic E-state index is -5.77. The molecule has 4 rings (SSSR count). The van der Waals surface area contributed by atoms with Crippen LogP contribution in [-0.4, -0.2) is 47.3 Å². The van der Waals surface area contributed by atoms with Gasteiger partial charge in [-0.05, 0) is 34.7 Å². The van der Waals surface area contributed by atoms with Crippen molar-refractivity contribution in [1.82, 2.24) is 5.32 Å². The first-order chi connectivity index (χ1) is 22.6. The Morgan fingerprint density at radius 3 is 1.79 bits per heavy atom. The number of amides is 1. The van der Waals surface area contributed by atoms with Gasteiger partial charge in [0, 0.05) is 24.2 Å². The first kappa shape index (κ1) is 36.8. The van der Waals surface area contributed by atoms with Crippen molar-refractivity contribution in [1.29, 1.82) is 5.41 Å². The minimum absolute atomic E-state index is 0.00626. The van der Waals surface area contributed by atoms with Crippen LogP contribution in [-0.2, 0) is 33.8 Å². The summed E-state index contributed by atoms with van der Waals surface area (Å²) in [6.07, 6.45) is -10.7. The summed E-state index contributed by atoms with van der Waals surface area (Å²) in [6.45, 7) is 0.998. The number of aromatic hydroxyl groups is 1. The van der Waals surface area contributed by atoms with Crippen LogP contribution in [0.4, 0.5) is 32.0 Å². The van der Waals surface area contributed by atoms with E-state index in [-0.39, 0.29) is 23.9 Å². The van der Waals surface area contributed by atoms with Crippen molar-refractivity contribution < 1.29 is 45.8 Å². The number of phenols is 1. The number of nitrogen functional groups attached to an aromatic ring is 1. The Morgan fingerprint density at radius 1 is 0.729 bits per heavy atom. The molecule has 0 bridgehead atoms. The molecule has 48 heavy (non-hydrogen) atoms. The van der Waals surface area contributed by atoms with Gasteiger partial charge in [-0.3, -0.25) is 19.8 Å². The number of nitrogens with one attached hydrogen (secondary N) is 3. The molecule has 0 heterocycles. The van der Waals surface area contributed by atoms with E-state index in [4.69, 9.17) is 11.1 Å². The molecular formula is C34H30F6N4O4. The van der Waals surface area contributed by atoms with Gasteiger partial charge >= 0.3 is 23.9 Å². The zero-order valence-corrected chi connectivity index (χ0v) is 25.1. The molecule has 0 aliphatic carbocycles. The molecule has 252 valence electrons. The van der Waals surface area contributed by atoms with Crippen LogP contribution in [0.3, 0.4) is 0 Å². The number of alkyl halides is 6. The van der Waals surface area contributed by atoms with Gasteiger partial charge < -0.3 is 21.5 Å². The predicted octanol–water partition coefficient (Wildman–Crippen LogP) is 6.11. The summed E-state index contributed by atoms with van der Waals surface area (Å²) < 4.78 is 67.0. The number of hydrogen-bond donors (Lipinski definition) is 5. The lowest BCUT2D eigenvalue weighted by molar-refractivity contribution is -0.193. The first-order valence-corrected chi connectivity index (χ1v) is 14.2. The lowest BCUT2D eigenvalue weighted by atomic mass is 9.95. The number of Topliss-reactive ketones (excluding diaryl/α,β-unsaturated/α-hetero) is 2. The van der Waals surface area contributed by atoms with Gasteiger partial charge in [0.2, 0.25) is 5.91 Å². The quantitative estimate of drug-likeness (QED) is 0.0428. The second kappa shape index (κ2) is 16.3. The van der Waals surface area contributed by atoms with Crippen LogP contribution in [0.2, 0.25) is 0 Å². The largest absolute Gasteiger partial charge is 0.505 e. The van der Waals surface area contributed by atoms with Crippen molar-refractivity contribution in [2.24, 2.45) is 5.73 Å². The number of hydrogen-bond acceptors (Lipinski definition) is 6. The summed E-state index contributed by atoms with van der Waals surface area (Å²) in [5, 5.41) is 24.9. The number of amidine groups is 1. The fourth-order valence-electron chi connectivity index (χ4n) is 4.32. The Morgan fingerprint density at radius 2 is 1.27 bits per heavy atom. The Hall–Kier alpha value is -5.66. The zero-order valence-electron chi connectivity index (χ0n) is 25.1. The van der Waals surface area contributed by atoms with Crippen molar-refractivity contribution in [2.75, 3.05) is 11.9 Å². The van der Waals surface area contributed by atoms with Crippen molar-refractivity contribution in [3.8, 4) is 16.9 Å². The lowest BCUT2D eigenvalue weighted by Crippen LogP contribution is -2.39. The molecule has 6 N–H and O–H groups in total. The van der Waals surface area contributed by atoms with Gasteiger partial charge in [0.15, 0.2) is 0 Å². The Balaban J connectivity index is 0.000000444. The third kappa shape index (κ3) is 10.7. The third-order valence-electron chi connectivity index (χ3n) is 6.75. The molecule has 0 spiro atoms. The van der Waals surface area contributed by atoms with E-state index in [2.05, 4.69) is 22.8 Å². The van der Waals surface area contributed by atoms with Crippen molar-refractivity contribution in [3.05, 3.63) is 119 Å². The first-order valence-electron chi connectivity index (χ1n) is 14.2. The number of carbonyl (C=O) groups excluding carboxylic acids is 3. The SMILES string of the molecule is N=C(N)c1ccc(CNC(=O)Cc2c(-c3ccccc3)ccc(NCCc3ccccc3)c2O)cc1.O=C(C(=O)C(F)(F)F)C(F)(F)F. The van der Waals surface area contributed by atoms with E-state index in [0.717, 1.165) is 23.1 Å². The van der Waals surface area contributed by atoms with E-state index in [1.54, 1.807) is 12.1 Å². The number of rotatable bonds is 11. The summed E-state index contributed by atoms with van der Waals surface area (Å²) >= 11 is 0. The summed E-state index contributed by atoms with van der Waals surface area (Å²) in [7, 11) is 0. The smallest absolute Gasteiger partial charge is 0.458 e. The van der Waals surface area contributed by atoms with Gasteiger partial charge in [0.05, 0.1) is 12.1 Å². The molecule has 0 fully saturated rings. The molecule has 4 aromatic rings. The van der Waals surface area contributed by atoms with Crippen LogP contribution in [0.15, 0.2) is 97.1 Å². The molecular weight excluding hydrogens is 642 g/mol. The van der Waals surface area contributed by atoms with Crippen LogP contribution in [0.1, 0.15) is 22.3 Å². The summed E-state index contributed by atoms with van der Waals surface area (Å²) in [6, 6.07) is 30.9. The van der Waals surface area contributed by atoms with Gasteiger partial charge in [0.25, 0.3) is 0 Å². The second-order valence-electron chi connectivity index (χ2n) is 10.2. The fraction of sp³-hybridized carbons (Fsp3) is 0.176. The number of phenolic OH excluding ortho intramolecular Hbond substituents is 1. The van der Waals surface area contributed by atoms with Gasteiger partial charge in [-0.25, -0.2) is 0 Å². The van der Waals surface area contributed by atoms with Crippen LogP contribution >= 0.6 is 0 Å². The Kier molecular flexibility index (Phi) is 12.5. The molecule has 0 radical (unpaired) electrons. The maximum absolute atomic E-state index is 12.9. The minimum Gasteiger partial charge on any atom is -0.505 e. The Labute approximate surface area is 271 Å². The number of ketones is 2. The van der Waals surface area contributed by atoms with Crippen LogP contribution in [0.25, 0.3) is 11.1 Å². The van der Waals surface area contributed by atoms with E-state index < -0.39 is 23.9 Å². The van der Waals surface area contributed by atoms with Gasteiger partial charge in [-0.15, -0.1) is 0 Å². The van der Waals surface area contributed by atoms with Crippen LogP contribution in [0, 0.1) is 5.41 Å². The monoisotopic (exact) mass is 672 g/mol. The van der Waals surface area contributed by atoms with Crippen molar-refractivity contribution >= 4 is 29.0 Å². The molecule has 4 aromatic carbocycles. The predicted molar refractivity (Wildman–Crippen MR) is 167 cm³/mol. The highest BCUT2D eigenvalue weighted by Crippen LogP contribution is 2.36. The highest BCUT2D eigenvalue weighted by atomic mass is 19.4. The standard InChI is InChI=1S/C30H30N4O2.C4F6O2/c31-30(32)24-13-11-22(12-14-24)20-34-28(35)19-26-25(23-9-5-2-6-10-23)15-16-27(29(26)36)33-18-17-21-7-3-1-4-8-21;5-3(6,7)1(11)2(12)4(8,9)10/h1-16,33,36H,17-20H2,(H3,31,32)(H,34,35);. The summed E-state index contributed by atoms with van der Waals surface area (Å²) in [4.78, 5) is 32.1. The number of halogens is 6. The summed E-state index contributed by atoms with van der Waals surface area (Å²) in [5.74, 6) is -6.92. The maximum Gasteiger partial charge on any atom is 0.458 e. The van der Waals surface area contributed by atoms with E-state index >= 15 is 0 Å². The third-order valence-corrected chi connectivity index (χ3v) is 6.75. The molecule has 8 nitrogen and oxygen atoms in total. The van der Waals surface area contributed by atoms with Crippen molar-refractivity contribution in [2.45, 2.75) is 31.7 Å². The normalized spacial score (nSPS) is 11.1. The van der Waals surface area contributed by atoms with E-state index in [1.165, 1.54) is 5.56 Å². The second-order valence-corrected chi connectivity index (χ2v) is 10.2. The Bertz CT molecular complexity index is 1700. The molecule has 0 aliphatic rings. The summed E-state index contributed by atoms with van der Waals surface area (Å²) in [5.41, 5.74) is 11.2. The highest BCUT2D eigenvalue weighted by Gasteiger charge is 2.54. The van der Waals surface area contributed by atoms with E-state index in [0.29, 0.717) is 29.9 Å².